The van der Waals surface area contributed by atoms with Gasteiger partial charge < -0.3 is 20.4 Å². The topological polar surface area (TPSA) is 76.1 Å². The summed E-state index contributed by atoms with van der Waals surface area (Å²) in [5.41, 5.74) is 7.34. The van der Waals surface area contributed by atoms with Gasteiger partial charge in [0.25, 0.3) is 0 Å². The number of imidazole rings is 1. The van der Waals surface area contributed by atoms with Crippen LogP contribution in [0.3, 0.4) is 0 Å². The molecular formula is C10H12N3O2-. The van der Waals surface area contributed by atoms with E-state index in [0.29, 0.717) is 33.8 Å². The highest BCUT2D eigenvalue weighted by Gasteiger charge is 2.05. The van der Waals surface area contributed by atoms with Crippen LogP contribution in [0.4, 0.5) is 5.69 Å². The Kier molecular flexibility index (Phi) is 2.37. The van der Waals surface area contributed by atoms with Crippen LogP contribution in [0.25, 0.3) is 11.0 Å². The zero-order valence-corrected chi connectivity index (χ0v) is 8.43. The molecule has 0 atom stereocenters. The largest absolute Gasteiger partial charge is 0.805 e. The van der Waals surface area contributed by atoms with Gasteiger partial charge in [-0.15, -0.1) is 0 Å². The van der Waals surface area contributed by atoms with Crippen LogP contribution in [0, 0.1) is 5.21 Å². The van der Waals surface area contributed by atoms with Crippen molar-refractivity contribution in [1.82, 2.24) is 9.71 Å². The summed E-state index contributed by atoms with van der Waals surface area (Å²) >= 11 is 0. The third-order valence-electron chi connectivity index (χ3n) is 2.11. The molecule has 0 aliphatic rings. The molecule has 0 bridgehead atoms. The van der Waals surface area contributed by atoms with Crippen molar-refractivity contribution in [3.63, 3.8) is 0 Å². The molecule has 0 amide bonds. The van der Waals surface area contributed by atoms with Crippen LogP contribution in [0.15, 0.2) is 18.5 Å². The zero-order chi connectivity index (χ0) is 10.8. The van der Waals surface area contributed by atoms with Crippen LogP contribution in [0.2, 0.25) is 0 Å². The van der Waals surface area contributed by atoms with E-state index in [1.807, 2.05) is 6.92 Å². The number of aromatic nitrogens is 2. The summed E-state index contributed by atoms with van der Waals surface area (Å²) in [6.07, 6.45) is 2.11. The van der Waals surface area contributed by atoms with Crippen molar-refractivity contribution in [2.75, 3.05) is 12.3 Å². The molecule has 0 aliphatic carbocycles. The lowest BCUT2D eigenvalue weighted by Gasteiger charge is -2.10. The first-order valence-corrected chi connectivity index (χ1v) is 4.79. The van der Waals surface area contributed by atoms with Gasteiger partial charge in [-0.25, -0.2) is 4.98 Å². The summed E-state index contributed by atoms with van der Waals surface area (Å²) in [6.45, 7) is 2.59. The minimum atomic E-state index is 0.482. The molecule has 0 aliphatic heterocycles. The molecule has 1 aromatic carbocycles. The third kappa shape index (κ3) is 1.68. The molecule has 15 heavy (non-hydrogen) atoms. The molecule has 0 spiro atoms. The van der Waals surface area contributed by atoms with Crippen molar-refractivity contribution in [1.29, 1.82) is 0 Å². The molecule has 80 valence electrons. The van der Waals surface area contributed by atoms with Gasteiger partial charge in [0.05, 0.1) is 29.7 Å². The monoisotopic (exact) mass is 206 g/mol. The molecule has 2 aromatic rings. The molecular weight excluding hydrogens is 194 g/mol. The first-order chi connectivity index (χ1) is 7.22. The molecule has 2 rings (SSSR count). The lowest BCUT2D eigenvalue weighted by molar-refractivity contribution is 0.319. The Labute approximate surface area is 87.0 Å². The Hall–Kier alpha value is -1.91. The normalized spacial score (nSPS) is 10.7. The van der Waals surface area contributed by atoms with E-state index in [-0.39, 0.29) is 0 Å². The van der Waals surface area contributed by atoms with Crippen LogP contribution >= 0.6 is 0 Å². The maximum atomic E-state index is 11.3. The molecule has 0 saturated carbocycles. The van der Waals surface area contributed by atoms with E-state index in [4.69, 9.17) is 10.5 Å². The van der Waals surface area contributed by atoms with Gasteiger partial charge in [-0.1, -0.05) is 6.92 Å². The molecule has 1 heterocycles. The number of nitrogens with zero attached hydrogens (tertiary/aromatic N) is 2. The number of anilines is 1. The van der Waals surface area contributed by atoms with Crippen LogP contribution in [0.5, 0.6) is 5.75 Å². The van der Waals surface area contributed by atoms with Gasteiger partial charge in [0.1, 0.15) is 5.75 Å². The van der Waals surface area contributed by atoms with Crippen LogP contribution in [0.1, 0.15) is 13.3 Å². The number of fused-ring (bicyclic) bond motifs is 1. The van der Waals surface area contributed by atoms with Crippen LogP contribution in [-0.2, 0) is 0 Å². The summed E-state index contributed by atoms with van der Waals surface area (Å²) in [4.78, 5) is 3.92. The SMILES string of the molecule is CCCOc1cc2c(cc1N)ncn2[O-]. The first kappa shape index (κ1) is 9.64. The molecule has 5 heteroatoms. The average molecular weight is 206 g/mol. The van der Waals surface area contributed by atoms with E-state index < -0.39 is 0 Å². The van der Waals surface area contributed by atoms with E-state index in [1.165, 1.54) is 6.33 Å². The Balaban J connectivity index is 2.45. The third-order valence-corrected chi connectivity index (χ3v) is 2.11. The number of nitrogen functional groups attached to an aromatic ring is 1. The minimum absolute atomic E-state index is 0.482. The number of hydrogen-bond acceptors (Lipinski definition) is 4. The molecule has 2 N–H and O–H groups in total. The second kappa shape index (κ2) is 3.68. The highest BCUT2D eigenvalue weighted by atomic mass is 16.5. The molecule has 5 nitrogen and oxygen atoms in total. The summed E-state index contributed by atoms with van der Waals surface area (Å²) in [7, 11) is 0. The van der Waals surface area contributed by atoms with Gasteiger partial charge in [0, 0.05) is 6.07 Å². The van der Waals surface area contributed by atoms with Crippen LogP contribution in [-0.4, -0.2) is 16.3 Å². The highest BCUT2D eigenvalue weighted by molar-refractivity contribution is 5.82. The Morgan fingerprint density at radius 1 is 1.53 bits per heavy atom. The Morgan fingerprint density at radius 2 is 2.33 bits per heavy atom. The number of hydrogen-bond donors (Lipinski definition) is 1. The second-order valence-corrected chi connectivity index (χ2v) is 3.30. The number of ether oxygens (including phenoxy) is 1. The van der Waals surface area contributed by atoms with E-state index in [1.54, 1.807) is 12.1 Å². The van der Waals surface area contributed by atoms with Gasteiger partial charge in [-0.05, 0) is 12.5 Å². The average Bonchev–Trinajstić information content (AvgIpc) is 2.57. The van der Waals surface area contributed by atoms with Crippen molar-refractivity contribution in [2.45, 2.75) is 13.3 Å². The fraction of sp³-hybridized carbons (Fsp3) is 0.300. The zero-order valence-electron chi connectivity index (χ0n) is 8.43. The maximum Gasteiger partial charge on any atom is 0.144 e. The summed E-state index contributed by atoms with van der Waals surface area (Å²) in [6, 6.07) is 3.27. The summed E-state index contributed by atoms with van der Waals surface area (Å²) in [5.74, 6) is 0.543. The lowest BCUT2D eigenvalue weighted by atomic mass is 10.2. The summed E-state index contributed by atoms with van der Waals surface area (Å²) in [5, 5.41) is 11.3. The van der Waals surface area contributed by atoms with Crippen molar-refractivity contribution >= 4 is 16.7 Å². The van der Waals surface area contributed by atoms with E-state index >= 15 is 0 Å². The van der Waals surface area contributed by atoms with E-state index in [0.717, 1.165) is 6.42 Å². The smallest absolute Gasteiger partial charge is 0.144 e. The molecule has 1 aromatic heterocycles. The van der Waals surface area contributed by atoms with E-state index in [2.05, 4.69) is 4.98 Å². The van der Waals surface area contributed by atoms with Gasteiger partial charge in [0.2, 0.25) is 0 Å². The maximum absolute atomic E-state index is 11.3. The number of rotatable bonds is 3. The van der Waals surface area contributed by atoms with Crippen molar-refractivity contribution < 1.29 is 4.74 Å². The van der Waals surface area contributed by atoms with Crippen molar-refractivity contribution in [3.05, 3.63) is 23.7 Å². The molecule has 0 radical (unpaired) electrons. The van der Waals surface area contributed by atoms with Crippen molar-refractivity contribution in [3.8, 4) is 5.75 Å². The Morgan fingerprint density at radius 3 is 3.07 bits per heavy atom. The fourth-order valence-electron chi connectivity index (χ4n) is 1.37. The Bertz CT molecular complexity index is 479. The minimum Gasteiger partial charge on any atom is -0.805 e. The van der Waals surface area contributed by atoms with Crippen molar-refractivity contribution in [2.24, 2.45) is 0 Å². The predicted octanol–water partition coefficient (Wildman–Crippen LogP) is 1.75. The standard InChI is InChI=1S/C10H12N3O2/c1-2-3-15-10-5-9-8(4-7(10)11)12-6-13(9)14/h4-6H,2-3,11H2,1H3/q-1. The quantitative estimate of drug-likeness (QED) is 0.776. The van der Waals surface area contributed by atoms with Crippen LogP contribution < -0.4 is 10.5 Å². The molecule has 0 fully saturated rings. The number of nitrogens with two attached hydrogens (primary N) is 1. The van der Waals surface area contributed by atoms with Gasteiger partial charge in [-0.3, -0.25) is 0 Å². The van der Waals surface area contributed by atoms with Gasteiger partial charge >= 0.3 is 0 Å². The van der Waals surface area contributed by atoms with E-state index in [9.17, 15) is 5.21 Å². The van der Waals surface area contributed by atoms with Gasteiger partial charge in [0.15, 0.2) is 0 Å². The number of benzene rings is 1. The lowest BCUT2D eigenvalue weighted by Crippen LogP contribution is -1.99. The predicted molar refractivity (Wildman–Crippen MR) is 58.7 cm³/mol. The fourth-order valence-corrected chi connectivity index (χ4v) is 1.37. The summed E-state index contributed by atoms with van der Waals surface area (Å²) < 4.78 is 6.12. The first-order valence-electron chi connectivity index (χ1n) is 4.79. The highest BCUT2D eigenvalue weighted by Crippen LogP contribution is 2.27. The second-order valence-electron chi connectivity index (χ2n) is 3.30. The molecule has 0 unspecified atom stereocenters. The van der Waals surface area contributed by atoms with Gasteiger partial charge in [-0.2, -0.15) is 0 Å². The molecule has 0 saturated heterocycles.